The molecule has 1 aliphatic heterocycles. The molecule has 0 aliphatic carbocycles. The van der Waals surface area contributed by atoms with Gasteiger partial charge in [-0.1, -0.05) is 94.7 Å². The number of hydrogen-bond donors (Lipinski definition) is 2. The van der Waals surface area contributed by atoms with Gasteiger partial charge in [0.2, 0.25) is 0 Å². The summed E-state index contributed by atoms with van der Waals surface area (Å²) in [7, 11) is 1.68. The quantitative estimate of drug-likeness (QED) is 0.150. The lowest BCUT2D eigenvalue weighted by Crippen LogP contribution is -2.39. The molecular weight excluding hydrogens is 544 g/mol. The van der Waals surface area contributed by atoms with Gasteiger partial charge in [-0.2, -0.15) is 0 Å². The Hall–Kier alpha value is -3.47. The topological polar surface area (TPSA) is 59.6 Å². The molecule has 0 radical (unpaired) electrons. The van der Waals surface area contributed by atoms with Crippen molar-refractivity contribution in [2.24, 2.45) is 17.8 Å². The van der Waals surface area contributed by atoms with Crippen LogP contribution in [0.25, 0.3) is 0 Å². The lowest BCUT2D eigenvalue weighted by Gasteiger charge is -2.28. The van der Waals surface area contributed by atoms with Gasteiger partial charge in [-0.15, -0.1) is 0 Å². The van der Waals surface area contributed by atoms with Gasteiger partial charge in [0.15, 0.2) is 0 Å². The predicted molar refractivity (Wildman–Crippen MR) is 186 cm³/mol. The SMILES string of the molecule is C=C/C=C\C(=C/C)CCCC1CCCC(=C)NC(Cc2ccc(OC)cc2)C(=C)NCC(C)C(=C)CC(CC(C)C)C(=O)O1. The number of cyclic esters (lactones) is 1. The molecule has 0 spiro atoms. The van der Waals surface area contributed by atoms with Gasteiger partial charge in [-0.3, -0.25) is 4.79 Å². The summed E-state index contributed by atoms with van der Waals surface area (Å²) in [4.78, 5) is 13.6. The molecule has 2 N–H and O–H groups in total. The Bertz CT molecular complexity index is 1140. The second-order valence-electron chi connectivity index (χ2n) is 12.7. The highest BCUT2D eigenvalue weighted by Gasteiger charge is 2.27. The van der Waals surface area contributed by atoms with Crippen LogP contribution in [0.15, 0.2) is 97.4 Å². The van der Waals surface area contributed by atoms with E-state index in [-0.39, 0.29) is 30.0 Å². The van der Waals surface area contributed by atoms with Crippen molar-refractivity contribution >= 4 is 5.97 Å². The Morgan fingerprint density at radius 2 is 1.91 bits per heavy atom. The number of carbonyl (C=O) groups excluding carboxylic acids is 1. The molecule has 4 atom stereocenters. The number of esters is 1. The van der Waals surface area contributed by atoms with Crippen molar-refractivity contribution in [3.05, 3.63) is 103 Å². The summed E-state index contributed by atoms with van der Waals surface area (Å²) in [5.74, 6) is 1.13. The molecule has 1 aromatic rings. The van der Waals surface area contributed by atoms with Gasteiger partial charge in [-0.05, 0) is 94.2 Å². The first-order valence-electron chi connectivity index (χ1n) is 16.4. The van der Waals surface area contributed by atoms with Crippen molar-refractivity contribution < 1.29 is 14.3 Å². The number of rotatable bonds is 11. The highest BCUT2D eigenvalue weighted by atomic mass is 16.5. The van der Waals surface area contributed by atoms with Crippen LogP contribution in [0.4, 0.5) is 0 Å². The van der Waals surface area contributed by atoms with E-state index in [1.165, 1.54) is 11.1 Å². The van der Waals surface area contributed by atoms with Crippen LogP contribution in [-0.2, 0) is 16.0 Å². The van der Waals surface area contributed by atoms with Crippen molar-refractivity contribution in [2.45, 2.75) is 97.6 Å². The third-order valence-electron chi connectivity index (χ3n) is 8.42. The minimum Gasteiger partial charge on any atom is -0.497 e. The van der Waals surface area contributed by atoms with E-state index in [1.54, 1.807) is 13.2 Å². The Labute approximate surface area is 268 Å². The fourth-order valence-corrected chi connectivity index (χ4v) is 5.59. The van der Waals surface area contributed by atoms with Crippen LogP contribution >= 0.6 is 0 Å². The lowest BCUT2D eigenvalue weighted by atomic mass is 9.87. The van der Waals surface area contributed by atoms with Gasteiger partial charge in [0.1, 0.15) is 11.9 Å². The maximum Gasteiger partial charge on any atom is 0.309 e. The summed E-state index contributed by atoms with van der Waals surface area (Å²) < 4.78 is 11.6. The molecule has 4 unspecified atom stereocenters. The first-order chi connectivity index (χ1) is 21.1. The normalized spacial score (nSPS) is 23.3. The van der Waals surface area contributed by atoms with Gasteiger partial charge < -0.3 is 20.1 Å². The van der Waals surface area contributed by atoms with Gasteiger partial charge in [-0.25, -0.2) is 0 Å². The molecular formula is C39H58N2O3. The number of hydrogen-bond acceptors (Lipinski definition) is 5. The average Bonchev–Trinajstić information content (AvgIpc) is 3.00. The van der Waals surface area contributed by atoms with Crippen LogP contribution in [0, 0.1) is 17.8 Å². The van der Waals surface area contributed by atoms with Gasteiger partial charge in [0.05, 0.1) is 19.1 Å². The van der Waals surface area contributed by atoms with E-state index in [4.69, 9.17) is 9.47 Å². The number of methoxy groups -OCH3 is 1. The minimum absolute atomic E-state index is 0.0190. The molecule has 5 nitrogen and oxygen atoms in total. The Morgan fingerprint density at radius 3 is 2.55 bits per heavy atom. The summed E-state index contributed by atoms with van der Waals surface area (Å²) in [5, 5.41) is 7.22. The van der Waals surface area contributed by atoms with E-state index in [2.05, 4.69) is 88.9 Å². The fourth-order valence-electron chi connectivity index (χ4n) is 5.59. The monoisotopic (exact) mass is 602 g/mol. The van der Waals surface area contributed by atoms with Crippen molar-refractivity contribution in [2.75, 3.05) is 13.7 Å². The Kier molecular flexibility index (Phi) is 16.5. The predicted octanol–water partition coefficient (Wildman–Crippen LogP) is 9.01. The summed E-state index contributed by atoms with van der Waals surface area (Å²) >= 11 is 0. The van der Waals surface area contributed by atoms with E-state index in [0.717, 1.165) is 74.1 Å². The summed E-state index contributed by atoms with van der Waals surface area (Å²) in [6.45, 7) is 26.2. The third kappa shape index (κ3) is 13.4. The van der Waals surface area contributed by atoms with Gasteiger partial charge in [0, 0.05) is 17.9 Å². The van der Waals surface area contributed by atoms with Crippen LogP contribution in [0.1, 0.15) is 84.6 Å². The molecule has 5 heteroatoms. The molecule has 0 bridgehead atoms. The zero-order valence-corrected chi connectivity index (χ0v) is 28.1. The molecule has 0 saturated carbocycles. The first kappa shape index (κ1) is 36.7. The van der Waals surface area contributed by atoms with Crippen molar-refractivity contribution in [1.82, 2.24) is 10.6 Å². The molecule has 1 aliphatic rings. The van der Waals surface area contributed by atoms with Crippen LogP contribution in [0.3, 0.4) is 0 Å². The van der Waals surface area contributed by atoms with Crippen LogP contribution in [0.2, 0.25) is 0 Å². The Morgan fingerprint density at radius 1 is 1.18 bits per heavy atom. The molecule has 44 heavy (non-hydrogen) atoms. The fraction of sp³-hybridized carbons (Fsp3) is 0.513. The number of allylic oxidation sites excluding steroid dienone is 6. The Balaban J connectivity index is 2.25. The van der Waals surface area contributed by atoms with Gasteiger partial charge in [0.25, 0.3) is 0 Å². The molecule has 0 aromatic heterocycles. The second kappa shape index (κ2) is 19.7. The zero-order valence-electron chi connectivity index (χ0n) is 28.1. The van der Waals surface area contributed by atoms with Gasteiger partial charge >= 0.3 is 5.97 Å². The molecule has 1 aromatic carbocycles. The molecule has 242 valence electrons. The standard InChI is InChI=1S/C39H58N2O3/c1-10-12-16-33(11-2)17-14-19-37-18-13-15-31(7)41-38(26-34-20-22-36(43-9)23-21-34)32(8)40-27-30(6)29(5)25-35(24-28(3)4)39(42)44-37/h10-12,16,20-23,28,30,35,37-38,40-41H,1,5,7-8,13-15,17-19,24-27H2,2-4,6,9H3/b16-12-,33-11+. The van der Waals surface area contributed by atoms with E-state index in [9.17, 15) is 4.79 Å². The maximum absolute atomic E-state index is 13.6. The highest BCUT2D eigenvalue weighted by molar-refractivity contribution is 5.73. The summed E-state index contributed by atoms with van der Waals surface area (Å²) in [6, 6.07) is 8.16. The summed E-state index contributed by atoms with van der Waals surface area (Å²) in [5.41, 5.74) is 5.41. The van der Waals surface area contributed by atoms with Crippen molar-refractivity contribution in [3.8, 4) is 5.75 Å². The number of carbonyl (C=O) groups is 1. The molecule has 1 saturated heterocycles. The third-order valence-corrected chi connectivity index (χ3v) is 8.42. The largest absolute Gasteiger partial charge is 0.497 e. The van der Waals surface area contributed by atoms with Crippen molar-refractivity contribution in [3.63, 3.8) is 0 Å². The van der Waals surface area contributed by atoms with Crippen LogP contribution < -0.4 is 15.4 Å². The van der Waals surface area contributed by atoms with Crippen LogP contribution in [0.5, 0.6) is 5.75 Å². The summed E-state index contributed by atoms with van der Waals surface area (Å²) in [6.07, 6.45) is 15.3. The molecule has 2 rings (SSSR count). The number of ether oxygens (including phenoxy) is 2. The molecule has 0 amide bonds. The first-order valence-corrected chi connectivity index (χ1v) is 16.4. The van der Waals surface area contributed by atoms with E-state index < -0.39 is 0 Å². The zero-order chi connectivity index (χ0) is 32.5. The van der Waals surface area contributed by atoms with E-state index in [1.807, 2.05) is 18.2 Å². The molecule has 1 fully saturated rings. The van der Waals surface area contributed by atoms with Crippen molar-refractivity contribution in [1.29, 1.82) is 0 Å². The lowest BCUT2D eigenvalue weighted by molar-refractivity contribution is -0.155. The van der Waals surface area contributed by atoms with Crippen LogP contribution in [-0.4, -0.2) is 31.8 Å². The van der Waals surface area contributed by atoms with E-state index in [0.29, 0.717) is 18.9 Å². The number of nitrogens with one attached hydrogen (secondary N) is 2. The maximum atomic E-state index is 13.6. The highest BCUT2D eigenvalue weighted by Crippen LogP contribution is 2.27. The average molecular weight is 603 g/mol. The molecule has 1 heterocycles. The number of benzene rings is 1. The van der Waals surface area contributed by atoms with E-state index >= 15 is 0 Å². The minimum atomic E-state index is -0.190. The second-order valence-corrected chi connectivity index (χ2v) is 12.7. The smallest absolute Gasteiger partial charge is 0.309 e.